The highest BCUT2D eigenvalue weighted by Crippen LogP contribution is 2.30. The van der Waals surface area contributed by atoms with E-state index in [4.69, 9.17) is 9.47 Å². The maximum absolute atomic E-state index is 5.86. The number of fused-ring (bicyclic) bond motifs is 1. The van der Waals surface area contributed by atoms with Crippen molar-refractivity contribution < 1.29 is 9.47 Å². The predicted molar refractivity (Wildman–Crippen MR) is 93.0 cm³/mol. The number of ether oxygens (including phenoxy) is 2. The number of aryl methyl sites for hydroxylation is 1. The summed E-state index contributed by atoms with van der Waals surface area (Å²) in [5.41, 5.74) is 1.20. The summed E-state index contributed by atoms with van der Waals surface area (Å²) in [7, 11) is 0. The normalized spacial score (nSPS) is 10.8. The number of rotatable bonds is 8. The van der Waals surface area contributed by atoms with Crippen LogP contribution in [0, 0.1) is 6.92 Å². The Labute approximate surface area is 135 Å². The van der Waals surface area contributed by atoms with Crippen molar-refractivity contribution in [2.24, 2.45) is 0 Å². The summed E-state index contributed by atoms with van der Waals surface area (Å²) in [6, 6.07) is 10.4. The van der Waals surface area contributed by atoms with E-state index in [-0.39, 0.29) is 0 Å². The summed E-state index contributed by atoms with van der Waals surface area (Å²) in [5.74, 6) is 1.92. The van der Waals surface area contributed by atoms with E-state index >= 15 is 0 Å². The average Bonchev–Trinajstić information content (AvgIpc) is 2.50. The van der Waals surface area contributed by atoms with Gasteiger partial charge in [-0.1, -0.05) is 41.4 Å². The molecule has 0 bridgehead atoms. The van der Waals surface area contributed by atoms with E-state index in [2.05, 4.69) is 54.0 Å². The van der Waals surface area contributed by atoms with Crippen LogP contribution in [-0.2, 0) is 0 Å². The van der Waals surface area contributed by atoms with Gasteiger partial charge < -0.3 is 9.47 Å². The first-order valence-electron chi connectivity index (χ1n) is 7.61. The molecule has 0 unspecified atom stereocenters. The topological polar surface area (TPSA) is 18.5 Å². The summed E-state index contributed by atoms with van der Waals surface area (Å²) >= 11 is 3.41. The Hall–Kier alpha value is -1.22. The van der Waals surface area contributed by atoms with E-state index in [1.54, 1.807) is 0 Å². The molecule has 0 aliphatic rings. The van der Waals surface area contributed by atoms with Gasteiger partial charge in [0.25, 0.3) is 0 Å². The fourth-order valence-corrected chi connectivity index (χ4v) is 2.49. The molecule has 2 aromatic carbocycles. The van der Waals surface area contributed by atoms with E-state index in [9.17, 15) is 0 Å². The SMILES string of the molecule is CCCCOc1ccc2cc(OCCCBr)ccc2c1C. The smallest absolute Gasteiger partial charge is 0.122 e. The van der Waals surface area contributed by atoms with Gasteiger partial charge in [-0.2, -0.15) is 0 Å². The number of unbranched alkanes of at least 4 members (excludes halogenated alkanes) is 1. The lowest BCUT2D eigenvalue weighted by molar-refractivity contribution is 0.308. The van der Waals surface area contributed by atoms with Crippen LogP contribution in [0.2, 0.25) is 0 Å². The molecule has 0 spiro atoms. The first-order valence-corrected chi connectivity index (χ1v) is 8.73. The summed E-state index contributed by atoms with van der Waals surface area (Å²) in [6.45, 7) is 5.83. The lowest BCUT2D eigenvalue weighted by atomic mass is 10.0. The Kier molecular flexibility index (Phi) is 6.37. The van der Waals surface area contributed by atoms with Crippen molar-refractivity contribution in [1.29, 1.82) is 0 Å². The number of hydrogen-bond acceptors (Lipinski definition) is 2. The maximum atomic E-state index is 5.86. The Bertz CT molecular complexity index is 581. The molecule has 0 radical (unpaired) electrons. The van der Waals surface area contributed by atoms with E-state index < -0.39 is 0 Å². The second-order valence-corrected chi connectivity index (χ2v) is 5.96. The van der Waals surface area contributed by atoms with Gasteiger partial charge in [-0.25, -0.2) is 0 Å². The van der Waals surface area contributed by atoms with Crippen molar-refractivity contribution in [3.8, 4) is 11.5 Å². The zero-order valence-corrected chi connectivity index (χ0v) is 14.4. The third kappa shape index (κ3) is 4.37. The Morgan fingerprint density at radius 1 is 1.00 bits per heavy atom. The molecule has 2 aromatic rings. The monoisotopic (exact) mass is 350 g/mol. The zero-order chi connectivity index (χ0) is 15.1. The largest absolute Gasteiger partial charge is 0.494 e. The molecular weight excluding hydrogens is 328 g/mol. The van der Waals surface area contributed by atoms with Gasteiger partial charge in [0.05, 0.1) is 13.2 Å². The highest BCUT2D eigenvalue weighted by Gasteiger charge is 2.06. The first kappa shape index (κ1) is 16.2. The van der Waals surface area contributed by atoms with E-state index in [0.717, 1.165) is 49.3 Å². The summed E-state index contributed by atoms with van der Waals surface area (Å²) in [4.78, 5) is 0. The van der Waals surface area contributed by atoms with Gasteiger partial charge in [0.2, 0.25) is 0 Å². The van der Waals surface area contributed by atoms with E-state index in [0.29, 0.717) is 0 Å². The molecular formula is C18H23BrO2. The van der Waals surface area contributed by atoms with Crippen molar-refractivity contribution in [2.75, 3.05) is 18.5 Å². The lowest BCUT2D eigenvalue weighted by Gasteiger charge is -2.12. The summed E-state index contributed by atoms with van der Waals surface area (Å²) in [5, 5.41) is 3.40. The van der Waals surface area contributed by atoms with Gasteiger partial charge >= 0.3 is 0 Å². The molecule has 0 heterocycles. The molecule has 21 heavy (non-hydrogen) atoms. The van der Waals surface area contributed by atoms with E-state index in [1.807, 2.05) is 6.07 Å². The van der Waals surface area contributed by atoms with Crippen LogP contribution in [0.15, 0.2) is 30.3 Å². The predicted octanol–water partition coefficient (Wildman–Crippen LogP) is 5.49. The lowest BCUT2D eigenvalue weighted by Crippen LogP contribution is -1.99. The molecule has 0 atom stereocenters. The molecule has 0 aliphatic carbocycles. The van der Waals surface area contributed by atoms with Crippen LogP contribution in [0.3, 0.4) is 0 Å². The third-order valence-electron chi connectivity index (χ3n) is 3.51. The number of hydrogen-bond donors (Lipinski definition) is 0. The standard InChI is InChI=1S/C18H23BrO2/c1-3-4-11-21-18-9-6-15-13-16(20-12-5-10-19)7-8-17(15)14(18)2/h6-9,13H,3-5,10-12H2,1-2H3. The van der Waals surface area contributed by atoms with Gasteiger partial charge in [0.1, 0.15) is 11.5 Å². The quantitative estimate of drug-likeness (QED) is 0.462. The van der Waals surface area contributed by atoms with Crippen LogP contribution in [0.4, 0.5) is 0 Å². The van der Waals surface area contributed by atoms with Crippen LogP contribution in [-0.4, -0.2) is 18.5 Å². The Morgan fingerprint density at radius 2 is 1.81 bits per heavy atom. The fraction of sp³-hybridized carbons (Fsp3) is 0.444. The Morgan fingerprint density at radius 3 is 2.57 bits per heavy atom. The van der Waals surface area contributed by atoms with E-state index in [1.165, 1.54) is 16.3 Å². The number of benzene rings is 2. The molecule has 0 amide bonds. The molecule has 0 saturated carbocycles. The number of halogens is 1. The molecule has 0 saturated heterocycles. The molecule has 0 aliphatic heterocycles. The molecule has 3 heteroatoms. The summed E-state index contributed by atoms with van der Waals surface area (Å²) in [6.07, 6.45) is 3.26. The van der Waals surface area contributed by atoms with Crippen LogP contribution >= 0.6 is 15.9 Å². The molecule has 0 fully saturated rings. The number of alkyl halides is 1. The molecule has 2 rings (SSSR count). The minimum absolute atomic E-state index is 0.744. The minimum Gasteiger partial charge on any atom is -0.494 e. The molecule has 0 N–H and O–H groups in total. The van der Waals surface area contributed by atoms with Crippen molar-refractivity contribution in [1.82, 2.24) is 0 Å². The molecule has 114 valence electrons. The fourth-order valence-electron chi connectivity index (χ4n) is 2.26. The maximum Gasteiger partial charge on any atom is 0.122 e. The van der Waals surface area contributed by atoms with Crippen LogP contribution < -0.4 is 9.47 Å². The average molecular weight is 351 g/mol. The van der Waals surface area contributed by atoms with Crippen molar-refractivity contribution in [3.63, 3.8) is 0 Å². The minimum atomic E-state index is 0.744. The second kappa shape index (κ2) is 8.28. The van der Waals surface area contributed by atoms with Crippen LogP contribution in [0.1, 0.15) is 31.7 Å². The van der Waals surface area contributed by atoms with Gasteiger partial charge in [0, 0.05) is 5.33 Å². The van der Waals surface area contributed by atoms with Gasteiger partial charge in [-0.15, -0.1) is 0 Å². The Balaban J connectivity index is 2.15. The highest BCUT2D eigenvalue weighted by molar-refractivity contribution is 9.09. The molecule has 0 aromatic heterocycles. The first-order chi connectivity index (χ1) is 10.3. The van der Waals surface area contributed by atoms with Crippen LogP contribution in [0.25, 0.3) is 10.8 Å². The zero-order valence-electron chi connectivity index (χ0n) is 12.8. The van der Waals surface area contributed by atoms with Gasteiger partial charge in [-0.05, 0) is 54.3 Å². The highest BCUT2D eigenvalue weighted by atomic mass is 79.9. The second-order valence-electron chi connectivity index (χ2n) is 5.16. The van der Waals surface area contributed by atoms with Crippen molar-refractivity contribution >= 4 is 26.7 Å². The van der Waals surface area contributed by atoms with Crippen LogP contribution in [0.5, 0.6) is 11.5 Å². The van der Waals surface area contributed by atoms with Gasteiger partial charge in [0.15, 0.2) is 0 Å². The summed E-state index contributed by atoms with van der Waals surface area (Å²) < 4.78 is 11.6. The van der Waals surface area contributed by atoms with Crippen molar-refractivity contribution in [3.05, 3.63) is 35.9 Å². The molecule has 2 nitrogen and oxygen atoms in total. The third-order valence-corrected chi connectivity index (χ3v) is 4.07. The van der Waals surface area contributed by atoms with Gasteiger partial charge in [-0.3, -0.25) is 0 Å². The van der Waals surface area contributed by atoms with Crippen molar-refractivity contribution in [2.45, 2.75) is 33.1 Å².